The highest BCUT2D eigenvalue weighted by Gasteiger charge is 2.80. The van der Waals surface area contributed by atoms with E-state index in [2.05, 4.69) is 4.84 Å². The van der Waals surface area contributed by atoms with E-state index in [4.69, 9.17) is 11.6 Å². The van der Waals surface area contributed by atoms with Gasteiger partial charge in [0.25, 0.3) is 0 Å². The second-order valence-electron chi connectivity index (χ2n) is 3.41. The summed E-state index contributed by atoms with van der Waals surface area (Å²) in [6, 6.07) is 0. The molecule has 0 aromatic carbocycles. The molecule has 0 aliphatic heterocycles. The summed E-state index contributed by atoms with van der Waals surface area (Å²) < 4.78 is 0. The lowest BCUT2D eigenvalue weighted by molar-refractivity contribution is 0.126. The van der Waals surface area contributed by atoms with Crippen molar-refractivity contribution < 1.29 is 4.84 Å². The molecule has 0 amide bonds. The largest absolute Gasteiger partial charge is 0.325 e. The Morgan fingerprint density at radius 1 is 1.44 bits per heavy atom. The molecule has 3 heteroatoms. The van der Waals surface area contributed by atoms with E-state index in [1.165, 1.54) is 12.8 Å². The van der Waals surface area contributed by atoms with Crippen molar-refractivity contribution in [3.8, 4) is 0 Å². The molecule has 2 rings (SSSR count). The fraction of sp³-hybridized carbons (Fsp3) is 1.00. The molecule has 2 aliphatic rings. The molecule has 0 heterocycles. The van der Waals surface area contributed by atoms with Gasteiger partial charge in [0, 0.05) is 5.54 Å². The van der Waals surface area contributed by atoms with Gasteiger partial charge in [-0.3, -0.25) is 0 Å². The standard InChI is InChI=1S/C6H12N2O/c7-6-3-5(6,4-6)1-2-9-8/h1-4,7-8H2. The minimum atomic E-state index is 0.228. The van der Waals surface area contributed by atoms with Crippen molar-refractivity contribution >= 4 is 0 Å². The lowest BCUT2D eigenvalue weighted by Gasteiger charge is -1.97. The Morgan fingerprint density at radius 3 is 2.33 bits per heavy atom. The fourth-order valence-electron chi connectivity index (χ4n) is 1.75. The average molecular weight is 128 g/mol. The first kappa shape index (κ1) is 5.65. The van der Waals surface area contributed by atoms with Gasteiger partial charge in [-0.25, -0.2) is 5.90 Å². The monoisotopic (exact) mass is 128 g/mol. The number of hydrogen-bond donors (Lipinski definition) is 2. The van der Waals surface area contributed by atoms with Crippen molar-refractivity contribution in [2.75, 3.05) is 6.61 Å². The molecule has 0 saturated heterocycles. The zero-order valence-corrected chi connectivity index (χ0v) is 5.39. The molecule has 52 valence electrons. The van der Waals surface area contributed by atoms with E-state index in [9.17, 15) is 0 Å². The van der Waals surface area contributed by atoms with Crippen molar-refractivity contribution in [1.29, 1.82) is 0 Å². The molecule has 0 spiro atoms. The quantitative estimate of drug-likeness (QED) is 0.515. The predicted molar refractivity (Wildman–Crippen MR) is 33.3 cm³/mol. The van der Waals surface area contributed by atoms with Gasteiger partial charge in [0.15, 0.2) is 0 Å². The molecule has 0 atom stereocenters. The van der Waals surface area contributed by atoms with Gasteiger partial charge in [0.05, 0.1) is 6.61 Å². The Balaban J connectivity index is 1.78. The number of nitrogens with two attached hydrogens (primary N) is 2. The van der Waals surface area contributed by atoms with Crippen molar-refractivity contribution in [1.82, 2.24) is 0 Å². The van der Waals surface area contributed by atoms with Crippen LogP contribution in [0.15, 0.2) is 0 Å². The third-order valence-electron chi connectivity index (χ3n) is 2.81. The number of hydrogen-bond acceptors (Lipinski definition) is 3. The molecule has 2 fully saturated rings. The van der Waals surface area contributed by atoms with Crippen LogP contribution in [0.25, 0.3) is 0 Å². The van der Waals surface area contributed by atoms with Gasteiger partial charge in [-0.15, -0.1) is 0 Å². The minimum absolute atomic E-state index is 0.228. The normalized spacial score (nSPS) is 52.7. The topological polar surface area (TPSA) is 61.3 Å². The zero-order chi connectivity index (χ0) is 6.54. The maximum atomic E-state index is 5.82. The molecule has 0 radical (unpaired) electrons. The molecule has 9 heavy (non-hydrogen) atoms. The van der Waals surface area contributed by atoms with Crippen LogP contribution in [-0.2, 0) is 4.84 Å². The summed E-state index contributed by atoms with van der Waals surface area (Å²) in [6.07, 6.45) is 3.45. The van der Waals surface area contributed by atoms with Crippen molar-refractivity contribution in [3.05, 3.63) is 0 Å². The third-order valence-corrected chi connectivity index (χ3v) is 2.81. The van der Waals surface area contributed by atoms with Crippen LogP contribution in [0, 0.1) is 5.41 Å². The van der Waals surface area contributed by atoms with E-state index < -0.39 is 0 Å². The van der Waals surface area contributed by atoms with E-state index in [-0.39, 0.29) is 5.54 Å². The van der Waals surface area contributed by atoms with Gasteiger partial charge in [-0.2, -0.15) is 0 Å². The summed E-state index contributed by atoms with van der Waals surface area (Å²) >= 11 is 0. The van der Waals surface area contributed by atoms with Gasteiger partial charge in [0.2, 0.25) is 0 Å². The summed E-state index contributed by atoms with van der Waals surface area (Å²) in [7, 11) is 0. The number of rotatable bonds is 3. The molecule has 2 saturated carbocycles. The van der Waals surface area contributed by atoms with E-state index in [0.717, 1.165) is 6.42 Å². The highest BCUT2D eigenvalue weighted by molar-refractivity contribution is 5.36. The van der Waals surface area contributed by atoms with Gasteiger partial charge < -0.3 is 10.6 Å². The Kier molecular flexibility index (Phi) is 0.822. The molecular formula is C6H12N2O. The second-order valence-corrected chi connectivity index (χ2v) is 3.41. The van der Waals surface area contributed by atoms with Crippen LogP contribution in [0.4, 0.5) is 0 Å². The summed E-state index contributed by atoms with van der Waals surface area (Å²) in [6.45, 7) is 0.666. The lowest BCUT2D eigenvalue weighted by Crippen LogP contribution is -2.08. The molecule has 0 unspecified atom stereocenters. The van der Waals surface area contributed by atoms with Gasteiger partial charge in [-0.1, -0.05) is 0 Å². The third kappa shape index (κ3) is 0.569. The molecule has 4 N–H and O–H groups in total. The summed E-state index contributed by atoms with van der Waals surface area (Å²) in [5, 5.41) is 0. The maximum absolute atomic E-state index is 5.82. The molecule has 0 aromatic heterocycles. The molecular weight excluding hydrogens is 116 g/mol. The smallest absolute Gasteiger partial charge is 0.0685 e. The van der Waals surface area contributed by atoms with Crippen LogP contribution in [0.2, 0.25) is 0 Å². The molecule has 2 aliphatic carbocycles. The highest BCUT2D eigenvalue weighted by Crippen LogP contribution is 2.78. The van der Waals surface area contributed by atoms with Gasteiger partial charge >= 0.3 is 0 Å². The van der Waals surface area contributed by atoms with Crippen LogP contribution < -0.4 is 11.6 Å². The summed E-state index contributed by atoms with van der Waals surface area (Å²) in [5.74, 6) is 4.88. The maximum Gasteiger partial charge on any atom is 0.0685 e. The van der Waals surface area contributed by atoms with E-state index >= 15 is 0 Å². The van der Waals surface area contributed by atoms with Crippen LogP contribution in [-0.4, -0.2) is 12.1 Å². The van der Waals surface area contributed by atoms with Crippen LogP contribution in [0.5, 0.6) is 0 Å². The Labute approximate surface area is 54.3 Å². The Hall–Kier alpha value is -0.120. The van der Waals surface area contributed by atoms with E-state index in [1.54, 1.807) is 0 Å². The number of fused-ring (bicyclic) bond motifs is 1. The molecule has 3 nitrogen and oxygen atoms in total. The fourth-order valence-corrected chi connectivity index (χ4v) is 1.75. The van der Waals surface area contributed by atoms with Gasteiger partial charge in [0.1, 0.15) is 0 Å². The zero-order valence-electron chi connectivity index (χ0n) is 5.39. The first-order valence-corrected chi connectivity index (χ1v) is 3.33. The van der Waals surface area contributed by atoms with Crippen molar-refractivity contribution in [3.63, 3.8) is 0 Å². The van der Waals surface area contributed by atoms with E-state index in [0.29, 0.717) is 12.0 Å². The minimum Gasteiger partial charge on any atom is -0.325 e. The Morgan fingerprint density at radius 2 is 2.00 bits per heavy atom. The first-order chi connectivity index (χ1) is 4.22. The van der Waals surface area contributed by atoms with Crippen molar-refractivity contribution in [2.24, 2.45) is 17.0 Å². The highest BCUT2D eigenvalue weighted by atomic mass is 16.6. The average Bonchev–Trinajstić information content (AvgIpc) is 2.48. The first-order valence-electron chi connectivity index (χ1n) is 3.33. The van der Waals surface area contributed by atoms with Crippen LogP contribution in [0.3, 0.4) is 0 Å². The second kappa shape index (κ2) is 1.31. The van der Waals surface area contributed by atoms with Crippen LogP contribution >= 0.6 is 0 Å². The Bertz CT molecular complexity index is 140. The summed E-state index contributed by atoms with van der Waals surface area (Å²) in [4.78, 5) is 4.47. The molecule has 0 aromatic rings. The van der Waals surface area contributed by atoms with Crippen molar-refractivity contribution in [2.45, 2.75) is 24.8 Å². The van der Waals surface area contributed by atoms with Crippen LogP contribution in [0.1, 0.15) is 19.3 Å². The summed E-state index contributed by atoms with van der Waals surface area (Å²) in [5.41, 5.74) is 6.52. The van der Waals surface area contributed by atoms with E-state index in [1.807, 2.05) is 0 Å². The molecule has 0 bridgehead atoms. The lowest BCUT2D eigenvalue weighted by atomic mass is 10.1. The SMILES string of the molecule is NOCCC12CC1(N)C2. The predicted octanol–water partition coefficient (Wildman–Crippen LogP) is -0.242. The van der Waals surface area contributed by atoms with Gasteiger partial charge in [-0.05, 0) is 24.7 Å².